The Labute approximate surface area is 116 Å². The second-order valence-corrected chi connectivity index (χ2v) is 5.37. The average molecular weight is 358 g/mol. The van der Waals surface area contributed by atoms with Crippen LogP contribution in [0.4, 0.5) is 0 Å². The van der Waals surface area contributed by atoms with Crippen molar-refractivity contribution >= 4 is 38.1 Å². The first-order valence-electron chi connectivity index (χ1n) is 5.01. The Morgan fingerprint density at radius 1 is 1.29 bits per heavy atom. The van der Waals surface area contributed by atoms with Crippen LogP contribution in [-0.2, 0) is 0 Å². The lowest BCUT2D eigenvalue weighted by molar-refractivity contribution is 0.112. The minimum Gasteiger partial charge on any atom is -0.298 e. The lowest BCUT2D eigenvalue weighted by Gasteiger charge is -2.06. The van der Waals surface area contributed by atoms with Gasteiger partial charge in [0.15, 0.2) is 6.29 Å². The molecule has 0 unspecified atom stereocenters. The molecule has 0 N–H and O–H groups in total. The minimum atomic E-state index is 0.634. The fraction of sp³-hybridized carbons (Fsp3) is 0.167. The van der Waals surface area contributed by atoms with Gasteiger partial charge in [0.2, 0.25) is 0 Å². The Morgan fingerprint density at radius 3 is 2.47 bits per heavy atom. The molecule has 3 nitrogen and oxygen atoms in total. The summed E-state index contributed by atoms with van der Waals surface area (Å²) in [5.74, 6) is 0. The lowest BCUT2D eigenvalue weighted by Crippen LogP contribution is -1.99. The Bertz CT molecular complexity index is 590. The van der Waals surface area contributed by atoms with Gasteiger partial charge in [-0.3, -0.25) is 4.79 Å². The molecule has 2 aromatic rings. The van der Waals surface area contributed by atoms with Gasteiger partial charge in [0.25, 0.3) is 0 Å². The molecule has 0 spiro atoms. The van der Waals surface area contributed by atoms with Crippen molar-refractivity contribution in [3.05, 3.63) is 44.1 Å². The summed E-state index contributed by atoms with van der Waals surface area (Å²) >= 11 is 6.86. The van der Waals surface area contributed by atoms with Crippen LogP contribution in [0.25, 0.3) is 5.69 Å². The van der Waals surface area contributed by atoms with Crippen LogP contribution >= 0.6 is 31.9 Å². The van der Waals surface area contributed by atoms with Crippen LogP contribution in [0, 0.1) is 13.8 Å². The first kappa shape index (κ1) is 12.5. The number of carbonyl (C=O) groups is 1. The summed E-state index contributed by atoms with van der Waals surface area (Å²) < 4.78 is 3.63. The highest BCUT2D eigenvalue weighted by molar-refractivity contribution is 9.10. The topological polar surface area (TPSA) is 34.9 Å². The van der Waals surface area contributed by atoms with Crippen molar-refractivity contribution in [1.82, 2.24) is 9.78 Å². The van der Waals surface area contributed by atoms with E-state index in [1.54, 1.807) is 6.07 Å². The Kier molecular flexibility index (Phi) is 3.49. The summed E-state index contributed by atoms with van der Waals surface area (Å²) in [4.78, 5) is 10.7. The predicted molar refractivity (Wildman–Crippen MR) is 73.8 cm³/mol. The maximum absolute atomic E-state index is 10.7. The molecular weight excluding hydrogens is 348 g/mol. The standard InChI is InChI=1S/C12H10Br2N2O/c1-7-12(14)8(2)16(15-7)10-4-3-9(6-17)11(13)5-10/h3-6H,1-2H3. The van der Waals surface area contributed by atoms with Crippen LogP contribution in [-0.4, -0.2) is 16.1 Å². The molecule has 0 saturated heterocycles. The van der Waals surface area contributed by atoms with E-state index in [2.05, 4.69) is 37.0 Å². The van der Waals surface area contributed by atoms with E-state index in [-0.39, 0.29) is 0 Å². The van der Waals surface area contributed by atoms with Gasteiger partial charge in [-0.1, -0.05) is 0 Å². The van der Waals surface area contributed by atoms with E-state index in [0.29, 0.717) is 5.56 Å². The zero-order chi connectivity index (χ0) is 12.6. The first-order valence-corrected chi connectivity index (χ1v) is 6.60. The molecule has 1 aromatic carbocycles. The predicted octanol–water partition coefficient (Wildman–Crippen LogP) is 3.83. The molecule has 17 heavy (non-hydrogen) atoms. The van der Waals surface area contributed by atoms with Gasteiger partial charge < -0.3 is 0 Å². The molecular formula is C12H10Br2N2O. The molecule has 2 rings (SSSR count). The van der Waals surface area contributed by atoms with Crippen molar-refractivity contribution in [1.29, 1.82) is 0 Å². The van der Waals surface area contributed by atoms with Crippen molar-refractivity contribution < 1.29 is 4.79 Å². The summed E-state index contributed by atoms with van der Waals surface area (Å²) in [7, 11) is 0. The number of rotatable bonds is 2. The van der Waals surface area contributed by atoms with Gasteiger partial charge in [0.1, 0.15) is 0 Å². The number of carbonyl (C=O) groups excluding carboxylic acids is 1. The van der Waals surface area contributed by atoms with Crippen molar-refractivity contribution in [2.75, 3.05) is 0 Å². The summed E-state index contributed by atoms with van der Waals surface area (Å²) in [6.45, 7) is 3.94. The van der Waals surface area contributed by atoms with E-state index in [4.69, 9.17) is 0 Å². The minimum absolute atomic E-state index is 0.634. The van der Waals surface area contributed by atoms with Gasteiger partial charge in [-0.15, -0.1) is 0 Å². The number of halogens is 2. The monoisotopic (exact) mass is 356 g/mol. The van der Waals surface area contributed by atoms with Gasteiger partial charge in [-0.2, -0.15) is 5.10 Å². The normalized spacial score (nSPS) is 10.6. The van der Waals surface area contributed by atoms with Crippen LogP contribution in [0.2, 0.25) is 0 Å². The third-order valence-corrected chi connectivity index (χ3v) is 4.39. The number of hydrogen-bond acceptors (Lipinski definition) is 2. The fourth-order valence-electron chi connectivity index (χ4n) is 1.62. The molecule has 0 amide bonds. The third-order valence-electron chi connectivity index (χ3n) is 2.56. The number of aryl methyl sites for hydroxylation is 1. The lowest BCUT2D eigenvalue weighted by atomic mass is 10.2. The Hall–Kier alpha value is -0.940. The van der Waals surface area contributed by atoms with Crippen molar-refractivity contribution in [2.24, 2.45) is 0 Å². The molecule has 0 fully saturated rings. The maximum Gasteiger partial charge on any atom is 0.151 e. The zero-order valence-electron chi connectivity index (χ0n) is 9.37. The van der Waals surface area contributed by atoms with Crippen molar-refractivity contribution in [3.8, 4) is 5.69 Å². The molecule has 1 aromatic heterocycles. The van der Waals surface area contributed by atoms with Gasteiger partial charge >= 0.3 is 0 Å². The summed E-state index contributed by atoms with van der Waals surface area (Å²) in [5.41, 5.74) is 3.54. The second-order valence-electron chi connectivity index (χ2n) is 3.72. The van der Waals surface area contributed by atoms with Gasteiger partial charge in [0.05, 0.1) is 21.5 Å². The summed E-state index contributed by atoms with van der Waals surface area (Å²) in [6, 6.07) is 5.53. The van der Waals surface area contributed by atoms with Gasteiger partial charge in [-0.25, -0.2) is 4.68 Å². The maximum atomic E-state index is 10.7. The van der Waals surface area contributed by atoms with Crippen LogP contribution in [0.15, 0.2) is 27.1 Å². The van der Waals surface area contributed by atoms with Crippen molar-refractivity contribution in [3.63, 3.8) is 0 Å². The van der Waals surface area contributed by atoms with Crippen LogP contribution < -0.4 is 0 Å². The molecule has 0 radical (unpaired) electrons. The van der Waals surface area contributed by atoms with Crippen LogP contribution in [0.5, 0.6) is 0 Å². The second kappa shape index (κ2) is 4.74. The molecule has 0 aliphatic heterocycles. The smallest absolute Gasteiger partial charge is 0.151 e. The van der Waals surface area contributed by atoms with E-state index in [1.807, 2.05) is 30.7 Å². The molecule has 0 atom stereocenters. The number of benzene rings is 1. The van der Waals surface area contributed by atoms with Crippen molar-refractivity contribution in [2.45, 2.75) is 13.8 Å². The molecule has 88 valence electrons. The van der Waals surface area contributed by atoms with E-state index in [1.165, 1.54) is 0 Å². The summed E-state index contributed by atoms with van der Waals surface area (Å²) in [5, 5.41) is 4.44. The van der Waals surface area contributed by atoms with E-state index >= 15 is 0 Å². The fourth-order valence-corrected chi connectivity index (χ4v) is 2.33. The molecule has 0 aliphatic carbocycles. The molecule has 5 heteroatoms. The largest absolute Gasteiger partial charge is 0.298 e. The highest BCUT2D eigenvalue weighted by Gasteiger charge is 2.11. The number of hydrogen-bond donors (Lipinski definition) is 0. The van der Waals surface area contributed by atoms with Crippen LogP contribution in [0.3, 0.4) is 0 Å². The SMILES string of the molecule is Cc1nn(-c2ccc(C=O)c(Br)c2)c(C)c1Br. The van der Waals surface area contributed by atoms with E-state index in [9.17, 15) is 4.79 Å². The van der Waals surface area contributed by atoms with Gasteiger partial charge in [-0.05, 0) is 63.9 Å². The van der Waals surface area contributed by atoms with E-state index < -0.39 is 0 Å². The summed E-state index contributed by atoms with van der Waals surface area (Å²) in [6.07, 6.45) is 0.824. The highest BCUT2D eigenvalue weighted by atomic mass is 79.9. The first-order chi connectivity index (χ1) is 8.04. The molecule has 0 saturated carbocycles. The molecule has 0 bridgehead atoms. The Morgan fingerprint density at radius 2 is 2.00 bits per heavy atom. The highest BCUT2D eigenvalue weighted by Crippen LogP contribution is 2.25. The molecule has 1 heterocycles. The van der Waals surface area contributed by atoms with E-state index in [0.717, 1.165) is 32.3 Å². The number of aldehydes is 1. The molecule has 0 aliphatic rings. The third kappa shape index (κ3) is 2.21. The zero-order valence-corrected chi connectivity index (χ0v) is 12.5. The quantitative estimate of drug-likeness (QED) is 0.765. The Balaban J connectivity index is 2.57. The number of nitrogens with zero attached hydrogens (tertiary/aromatic N) is 2. The number of aromatic nitrogens is 2. The van der Waals surface area contributed by atoms with Crippen LogP contribution in [0.1, 0.15) is 21.7 Å². The van der Waals surface area contributed by atoms with Gasteiger partial charge in [0, 0.05) is 10.0 Å². The average Bonchev–Trinajstić information content (AvgIpc) is 2.57.